The van der Waals surface area contributed by atoms with Crippen LogP contribution in [0.15, 0.2) is 48.5 Å². The van der Waals surface area contributed by atoms with E-state index in [0.717, 1.165) is 11.3 Å². The van der Waals surface area contributed by atoms with Gasteiger partial charge in [-0.15, -0.1) is 0 Å². The minimum atomic E-state index is -0.889. The summed E-state index contributed by atoms with van der Waals surface area (Å²) >= 11 is 0. The molecule has 0 amide bonds. The highest BCUT2D eigenvalue weighted by Gasteiger charge is 2.61. The van der Waals surface area contributed by atoms with Crippen molar-refractivity contribution in [1.29, 1.82) is 0 Å². The summed E-state index contributed by atoms with van der Waals surface area (Å²) in [7, 11) is 0. The first kappa shape index (κ1) is 14.1. The molecule has 110 valence electrons. The fraction of sp³-hybridized carbons (Fsp3) is 0.333. The Hall–Kier alpha value is -1.84. The number of nitrogens with two attached hydrogens (primary N) is 3. The van der Waals surface area contributed by atoms with E-state index in [2.05, 4.69) is 32.9 Å². The van der Waals surface area contributed by atoms with Crippen LogP contribution in [0, 0.1) is 0 Å². The number of hydrogen-bond acceptors (Lipinski definition) is 3. The van der Waals surface area contributed by atoms with Gasteiger partial charge in [0.2, 0.25) is 0 Å². The van der Waals surface area contributed by atoms with Crippen LogP contribution >= 0.6 is 0 Å². The SMILES string of the molecule is CC1(C)c2ccccc2C(C)(c2ccc(N)cc2)C1(N)N. The van der Waals surface area contributed by atoms with Crippen molar-refractivity contribution in [3.05, 3.63) is 65.2 Å². The van der Waals surface area contributed by atoms with E-state index < -0.39 is 11.1 Å². The lowest BCUT2D eigenvalue weighted by Crippen LogP contribution is -2.69. The van der Waals surface area contributed by atoms with Crippen LogP contribution in [0.2, 0.25) is 0 Å². The normalized spacial score (nSPS) is 25.6. The molecule has 0 bridgehead atoms. The summed E-state index contributed by atoms with van der Waals surface area (Å²) in [4.78, 5) is 0. The van der Waals surface area contributed by atoms with Crippen molar-refractivity contribution in [1.82, 2.24) is 0 Å². The molecule has 0 fully saturated rings. The maximum atomic E-state index is 6.70. The molecule has 1 atom stereocenters. The van der Waals surface area contributed by atoms with Gasteiger partial charge < -0.3 is 17.2 Å². The van der Waals surface area contributed by atoms with E-state index in [-0.39, 0.29) is 5.41 Å². The molecule has 3 nitrogen and oxygen atoms in total. The van der Waals surface area contributed by atoms with Gasteiger partial charge in [0.05, 0.1) is 5.66 Å². The van der Waals surface area contributed by atoms with Crippen LogP contribution in [-0.2, 0) is 10.8 Å². The zero-order valence-corrected chi connectivity index (χ0v) is 12.9. The van der Waals surface area contributed by atoms with Gasteiger partial charge in [-0.1, -0.05) is 50.2 Å². The van der Waals surface area contributed by atoms with Gasteiger partial charge in [0.25, 0.3) is 0 Å². The highest BCUT2D eigenvalue weighted by Crippen LogP contribution is 2.55. The molecule has 0 spiro atoms. The van der Waals surface area contributed by atoms with Gasteiger partial charge in [-0.25, -0.2) is 0 Å². The Morgan fingerprint density at radius 1 is 0.762 bits per heavy atom. The Morgan fingerprint density at radius 2 is 1.29 bits per heavy atom. The number of hydrogen-bond donors (Lipinski definition) is 3. The molecule has 1 aliphatic carbocycles. The van der Waals surface area contributed by atoms with Gasteiger partial charge in [0.15, 0.2) is 0 Å². The second-order valence-corrected chi connectivity index (χ2v) is 6.79. The van der Waals surface area contributed by atoms with Crippen molar-refractivity contribution < 1.29 is 0 Å². The van der Waals surface area contributed by atoms with Crippen LogP contribution in [0.3, 0.4) is 0 Å². The minimum absolute atomic E-state index is 0.320. The van der Waals surface area contributed by atoms with Gasteiger partial charge in [-0.2, -0.15) is 0 Å². The molecule has 1 unspecified atom stereocenters. The third-order valence-electron chi connectivity index (χ3n) is 5.49. The number of rotatable bonds is 1. The summed E-state index contributed by atoms with van der Waals surface area (Å²) in [6.07, 6.45) is 0. The Balaban J connectivity index is 2.33. The van der Waals surface area contributed by atoms with Gasteiger partial charge in [0, 0.05) is 16.5 Å². The number of nitrogen functional groups attached to an aromatic ring is 1. The summed E-state index contributed by atoms with van der Waals surface area (Å²) in [5, 5.41) is 0. The topological polar surface area (TPSA) is 78.1 Å². The standard InChI is InChI=1S/C18H23N3/c1-16(2)14-6-4-5-7-15(14)17(3,18(16,20)21)12-8-10-13(19)11-9-12/h4-11H,19-21H2,1-3H3. The quantitative estimate of drug-likeness (QED) is 0.555. The number of fused-ring (bicyclic) bond motifs is 1. The Morgan fingerprint density at radius 3 is 1.86 bits per heavy atom. The molecule has 0 saturated heterocycles. The van der Waals surface area contributed by atoms with E-state index in [1.807, 2.05) is 36.4 Å². The summed E-state index contributed by atoms with van der Waals surface area (Å²) in [6, 6.07) is 16.2. The molecule has 0 aromatic heterocycles. The molecule has 0 saturated carbocycles. The third kappa shape index (κ3) is 1.56. The van der Waals surface area contributed by atoms with Gasteiger partial charge in [0.1, 0.15) is 0 Å². The number of benzene rings is 2. The van der Waals surface area contributed by atoms with E-state index in [1.165, 1.54) is 11.1 Å². The average molecular weight is 281 g/mol. The number of anilines is 1. The van der Waals surface area contributed by atoms with E-state index >= 15 is 0 Å². The predicted octanol–water partition coefficient (Wildman–Crippen LogP) is 2.48. The molecule has 0 radical (unpaired) electrons. The molecule has 1 aliphatic rings. The monoisotopic (exact) mass is 281 g/mol. The van der Waals surface area contributed by atoms with Crippen LogP contribution in [0.4, 0.5) is 5.69 Å². The molecule has 2 aromatic carbocycles. The first-order chi connectivity index (χ1) is 9.73. The molecule has 0 heterocycles. The Labute approximate surface area is 126 Å². The van der Waals surface area contributed by atoms with Crippen molar-refractivity contribution in [3.63, 3.8) is 0 Å². The highest BCUT2D eigenvalue weighted by molar-refractivity contribution is 5.58. The van der Waals surface area contributed by atoms with Crippen molar-refractivity contribution in [3.8, 4) is 0 Å². The van der Waals surface area contributed by atoms with Crippen LogP contribution in [0.1, 0.15) is 37.5 Å². The largest absolute Gasteiger partial charge is 0.399 e. The van der Waals surface area contributed by atoms with Crippen LogP contribution in [-0.4, -0.2) is 5.66 Å². The molecule has 0 aliphatic heterocycles. The summed E-state index contributed by atoms with van der Waals surface area (Å²) in [6.45, 7) is 6.37. The van der Waals surface area contributed by atoms with Crippen molar-refractivity contribution >= 4 is 5.69 Å². The van der Waals surface area contributed by atoms with E-state index in [1.54, 1.807) is 0 Å². The van der Waals surface area contributed by atoms with Crippen molar-refractivity contribution in [2.24, 2.45) is 11.5 Å². The Kier molecular flexibility index (Phi) is 2.75. The van der Waals surface area contributed by atoms with Crippen molar-refractivity contribution in [2.75, 3.05) is 5.73 Å². The second-order valence-electron chi connectivity index (χ2n) is 6.79. The molecular formula is C18H23N3. The van der Waals surface area contributed by atoms with Gasteiger partial charge in [-0.05, 0) is 35.7 Å². The summed E-state index contributed by atoms with van der Waals surface area (Å²) < 4.78 is 0. The van der Waals surface area contributed by atoms with Crippen LogP contribution in [0.25, 0.3) is 0 Å². The fourth-order valence-electron chi connectivity index (χ4n) is 3.75. The lowest BCUT2D eigenvalue weighted by Gasteiger charge is -2.46. The van der Waals surface area contributed by atoms with Gasteiger partial charge >= 0.3 is 0 Å². The maximum Gasteiger partial charge on any atom is 0.0868 e. The molecular weight excluding hydrogens is 258 g/mol. The van der Waals surface area contributed by atoms with Crippen LogP contribution < -0.4 is 17.2 Å². The highest BCUT2D eigenvalue weighted by atomic mass is 15.0. The smallest absolute Gasteiger partial charge is 0.0868 e. The molecule has 6 N–H and O–H groups in total. The minimum Gasteiger partial charge on any atom is -0.399 e. The van der Waals surface area contributed by atoms with Crippen LogP contribution in [0.5, 0.6) is 0 Å². The fourth-order valence-corrected chi connectivity index (χ4v) is 3.75. The lowest BCUT2D eigenvalue weighted by atomic mass is 9.66. The Bertz CT molecular complexity index is 686. The van der Waals surface area contributed by atoms with E-state index in [4.69, 9.17) is 17.2 Å². The van der Waals surface area contributed by atoms with Gasteiger partial charge in [-0.3, -0.25) is 0 Å². The molecule has 3 heteroatoms. The zero-order chi connectivity index (χ0) is 15.5. The van der Waals surface area contributed by atoms with E-state index in [0.29, 0.717) is 0 Å². The molecule has 3 rings (SSSR count). The lowest BCUT2D eigenvalue weighted by molar-refractivity contribution is 0.205. The first-order valence-electron chi connectivity index (χ1n) is 7.26. The predicted molar refractivity (Wildman–Crippen MR) is 87.9 cm³/mol. The maximum absolute atomic E-state index is 6.70. The first-order valence-corrected chi connectivity index (χ1v) is 7.26. The molecule has 2 aromatic rings. The molecule has 21 heavy (non-hydrogen) atoms. The second kappa shape index (κ2) is 4.09. The van der Waals surface area contributed by atoms with E-state index in [9.17, 15) is 0 Å². The third-order valence-corrected chi connectivity index (χ3v) is 5.49. The summed E-state index contributed by atoms with van der Waals surface area (Å²) in [5.41, 5.74) is 21.8. The average Bonchev–Trinajstić information content (AvgIpc) is 2.57. The zero-order valence-electron chi connectivity index (χ0n) is 12.9. The van der Waals surface area contributed by atoms with Crippen molar-refractivity contribution in [2.45, 2.75) is 37.3 Å². The summed E-state index contributed by atoms with van der Waals surface area (Å²) in [5.74, 6) is 0.